The number of nitrogens with one attached hydrogen (secondary N) is 1. The summed E-state index contributed by atoms with van der Waals surface area (Å²) in [6.45, 7) is 0.349. The maximum atomic E-state index is 11.3. The van der Waals surface area contributed by atoms with Gasteiger partial charge >= 0.3 is 5.76 Å². The molecule has 110 valence electrons. The van der Waals surface area contributed by atoms with Gasteiger partial charge in [0.05, 0.1) is 16.9 Å². The summed E-state index contributed by atoms with van der Waals surface area (Å²) in [6, 6.07) is 9.34. The van der Waals surface area contributed by atoms with Crippen LogP contribution in [-0.2, 0) is 6.54 Å². The first-order chi connectivity index (χ1) is 10.7. The maximum Gasteiger partial charge on any atom is 0.417 e. The third-order valence-electron chi connectivity index (χ3n) is 3.57. The molecule has 0 spiro atoms. The number of aromatic nitrogens is 3. The highest BCUT2D eigenvalue weighted by atomic mass is 79.9. The summed E-state index contributed by atoms with van der Waals surface area (Å²) in [4.78, 5) is 18.5. The highest BCUT2D eigenvalue weighted by Gasteiger charge is 2.14. The van der Waals surface area contributed by atoms with Crippen molar-refractivity contribution in [2.45, 2.75) is 6.54 Å². The van der Waals surface area contributed by atoms with Gasteiger partial charge in [-0.25, -0.2) is 9.78 Å². The van der Waals surface area contributed by atoms with Gasteiger partial charge in [-0.05, 0) is 40.2 Å². The largest absolute Gasteiger partial charge is 0.417 e. The Morgan fingerprint density at radius 3 is 3.00 bits per heavy atom. The number of imidazole rings is 1. The van der Waals surface area contributed by atoms with Crippen molar-refractivity contribution >= 4 is 32.7 Å². The van der Waals surface area contributed by atoms with Crippen molar-refractivity contribution in [2.75, 3.05) is 0 Å². The monoisotopic (exact) mass is 358 g/mol. The topological polar surface area (TPSA) is 89.3 Å². The molecule has 4 aromatic rings. The smallest absolute Gasteiger partial charge is 0.408 e. The third kappa shape index (κ3) is 1.98. The normalized spacial score (nSPS) is 11.5. The minimum Gasteiger partial charge on any atom is -0.408 e. The minimum absolute atomic E-state index is 0.349. The Kier molecular flexibility index (Phi) is 2.91. The summed E-state index contributed by atoms with van der Waals surface area (Å²) >= 11 is 3.45. The minimum atomic E-state index is -0.467. The van der Waals surface area contributed by atoms with Crippen molar-refractivity contribution < 1.29 is 4.42 Å². The van der Waals surface area contributed by atoms with Crippen LogP contribution in [0.4, 0.5) is 0 Å². The summed E-state index contributed by atoms with van der Waals surface area (Å²) < 4.78 is 8.02. The Morgan fingerprint density at radius 1 is 1.32 bits per heavy atom. The molecule has 3 N–H and O–H groups in total. The lowest BCUT2D eigenvalue weighted by Crippen LogP contribution is -2.02. The summed E-state index contributed by atoms with van der Waals surface area (Å²) in [7, 11) is 0. The van der Waals surface area contributed by atoms with Crippen molar-refractivity contribution in [1.82, 2.24) is 14.4 Å². The van der Waals surface area contributed by atoms with E-state index in [-0.39, 0.29) is 0 Å². The molecular weight excluding hydrogens is 348 g/mol. The van der Waals surface area contributed by atoms with Crippen LogP contribution in [0.15, 0.2) is 50.2 Å². The third-order valence-corrected chi connectivity index (χ3v) is 4.04. The lowest BCUT2D eigenvalue weighted by Gasteiger charge is -2.02. The molecule has 0 aliphatic rings. The van der Waals surface area contributed by atoms with E-state index in [1.54, 1.807) is 12.1 Å². The molecular formula is C15H11BrN4O2. The molecule has 0 aliphatic heterocycles. The van der Waals surface area contributed by atoms with Crippen LogP contribution in [0.3, 0.4) is 0 Å². The number of hydrogen-bond donors (Lipinski definition) is 2. The number of oxazole rings is 1. The molecule has 0 saturated heterocycles. The number of H-pyrrole nitrogens is 1. The first-order valence-electron chi connectivity index (χ1n) is 6.65. The van der Waals surface area contributed by atoms with E-state index in [0.717, 1.165) is 27.1 Å². The fraction of sp³-hybridized carbons (Fsp3) is 0.0667. The zero-order chi connectivity index (χ0) is 15.3. The molecule has 6 nitrogen and oxygen atoms in total. The first-order valence-corrected chi connectivity index (χ1v) is 7.45. The number of rotatable bonds is 2. The SMILES string of the molecule is NCc1c(-c2ccc3[nH]c(=O)oc3c2)nc2ccc(Br)cn12. The van der Waals surface area contributed by atoms with Crippen molar-refractivity contribution in [3.63, 3.8) is 0 Å². The van der Waals surface area contributed by atoms with Crippen molar-refractivity contribution in [2.24, 2.45) is 5.73 Å². The Bertz CT molecular complexity index is 1060. The van der Waals surface area contributed by atoms with E-state index in [1.165, 1.54) is 0 Å². The van der Waals surface area contributed by atoms with Crippen LogP contribution < -0.4 is 11.5 Å². The molecule has 3 heterocycles. The summed E-state index contributed by atoms with van der Waals surface area (Å²) in [5, 5.41) is 0. The van der Waals surface area contributed by atoms with Gasteiger partial charge in [0.1, 0.15) is 5.65 Å². The van der Waals surface area contributed by atoms with Gasteiger partial charge < -0.3 is 14.6 Å². The van der Waals surface area contributed by atoms with Gasteiger partial charge in [0.25, 0.3) is 0 Å². The molecule has 0 amide bonds. The Morgan fingerprint density at radius 2 is 2.18 bits per heavy atom. The number of fused-ring (bicyclic) bond motifs is 2. The predicted molar refractivity (Wildman–Crippen MR) is 86.6 cm³/mol. The van der Waals surface area contributed by atoms with E-state index in [2.05, 4.69) is 25.9 Å². The number of nitrogens with zero attached hydrogens (tertiary/aromatic N) is 2. The van der Waals surface area contributed by atoms with Gasteiger partial charge in [0, 0.05) is 22.8 Å². The second-order valence-electron chi connectivity index (χ2n) is 4.91. The molecule has 7 heteroatoms. The Balaban J connectivity index is 2.00. The molecule has 3 aromatic heterocycles. The molecule has 0 saturated carbocycles. The number of pyridine rings is 1. The zero-order valence-electron chi connectivity index (χ0n) is 11.3. The highest BCUT2D eigenvalue weighted by molar-refractivity contribution is 9.10. The first kappa shape index (κ1) is 13.3. The van der Waals surface area contributed by atoms with E-state index < -0.39 is 5.76 Å². The molecule has 0 unspecified atom stereocenters. The van der Waals surface area contributed by atoms with Crippen LogP contribution in [-0.4, -0.2) is 14.4 Å². The van der Waals surface area contributed by atoms with Crippen LogP contribution in [0.25, 0.3) is 28.0 Å². The quantitative estimate of drug-likeness (QED) is 0.576. The molecule has 4 rings (SSSR count). The van der Waals surface area contributed by atoms with E-state index in [1.807, 2.05) is 28.8 Å². The lowest BCUT2D eigenvalue weighted by molar-refractivity contribution is 0.555. The van der Waals surface area contributed by atoms with Gasteiger partial charge in [0.15, 0.2) is 5.58 Å². The van der Waals surface area contributed by atoms with E-state index >= 15 is 0 Å². The van der Waals surface area contributed by atoms with Gasteiger partial charge in [-0.15, -0.1) is 0 Å². The molecule has 22 heavy (non-hydrogen) atoms. The standard InChI is InChI=1S/C15H11BrN4O2/c16-9-2-4-13-19-14(11(6-17)20(13)7-9)8-1-3-10-12(5-8)22-15(21)18-10/h1-5,7H,6,17H2,(H,18,21). The van der Waals surface area contributed by atoms with Gasteiger partial charge in [-0.1, -0.05) is 6.07 Å². The second-order valence-corrected chi connectivity index (χ2v) is 5.83. The number of halogens is 1. The number of aromatic amines is 1. The van der Waals surface area contributed by atoms with Crippen LogP contribution >= 0.6 is 15.9 Å². The van der Waals surface area contributed by atoms with Gasteiger partial charge in [0.2, 0.25) is 0 Å². The van der Waals surface area contributed by atoms with Crippen LogP contribution in [0.5, 0.6) is 0 Å². The zero-order valence-corrected chi connectivity index (χ0v) is 12.9. The second kappa shape index (κ2) is 4.82. The molecule has 0 atom stereocenters. The predicted octanol–water partition coefficient (Wildman–Crippen LogP) is 2.66. The Hall–Kier alpha value is -2.38. The lowest BCUT2D eigenvalue weighted by atomic mass is 10.1. The van der Waals surface area contributed by atoms with Crippen molar-refractivity contribution in [3.8, 4) is 11.3 Å². The number of benzene rings is 1. The number of hydrogen-bond acceptors (Lipinski definition) is 4. The molecule has 1 aromatic carbocycles. The molecule has 0 bridgehead atoms. The average molecular weight is 359 g/mol. The molecule has 0 aliphatic carbocycles. The number of nitrogens with two attached hydrogens (primary N) is 1. The van der Waals surface area contributed by atoms with E-state index in [0.29, 0.717) is 17.6 Å². The Labute approximate surface area is 132 Å². The molecule has 0 radical (unpaired) electrons. The fourth-order valence-corrected chi connectivity index (χ4v) is 2.92. The summed E-state index contributed by atoms with van der Waals surface area (Å²) in [5.74, 6) is -0.467. The fourth-order valence-electron chi connectivity index (χ4n) is 2.59. The van der Waals surface area contributed by atoms with Crippen LogP contribution in [0.2, 0.25) is 0 Å². The maximum absolute atomic E-state index is 11.3. The highest BCUT2D eigenvalue weighted by Crippen LogP contribution is 2.27. The van der Waals surface area contributed by atoms with Gasteiger partial charge in [-0.2, -0.15) is 0 Å². The average Bonchev–Trinajstić information content (AvgIpc) is 3.04. The molecule has 0 fully saturated rings. The van der Waals surface area contributed by atoms with Gasteiger partial charge in [-0.3, -0.25) is 4.98 Å². The van der Waals surface area contributed by atoms with Crippen molar-refractivity contribution in [3.05, 3.63) is 57.2 Å². The van der Waals surface area contributed by atoms with Crippen molar-refractivity contribution in [1.29, 1.82) is 0 Å². The van der Waals surface area contributed by atoms with Crippen LogP contribution in [0, 0.1) is 0 Å². The van der Waals surface area contributed by atoms with E-state index in [9.17, 15) is 4.79 Å². The summed E-state index contributed by atoms with van der Waals surface area (Å²) in [5.41, 5.74) is 10.4. The van der Waals surface area contributed by atoms with Crippen LogP contribution in [0.1, 0.15) is 5.69 Å². The summed E-state index contributed by atoms with van der Waals surface area (Å²) in [6.07, 6.45) is 1.93. The van der Waals surface area contributed by atoms with E-state index in [4.69, 9.17) is 10.2 Å².